The van der Waals surface area contributed by atoms with Crippen LogP contribution in [0.4, 0.5) is 10.6 Å². The molecule has 6 rings (SSSR count). The number of ether oxygens (including phenoxy) is 1. The molecule has 3 amide bonds. The van der Waals surface area contributed by atoms with Gasteiger partial charge in [-0.15, -0.1) is 0 Å². The molecule has 0 saturated carbocycles. The van der Waals surface area contributed by atoms with E-state index in [9.17, 15) is 19.8 Å². The lowest BCUT2D eigenvalue weighted by Crippen LogP contribution is -2.42. The summed E-state index contributed by atoms with van der Waals surface area (Å²) < 4.78 is 7.57. The van der Waals surface area contributed by atoms with E-state index < -0.39 is 30.4 Å². The number of amides is 3. The number of likely N-dealkylation sites (N-methyl/N-ethyl adjacent to an activating group) is 1. The number of benzene rings is 2. The molecule has 2 aromatic heterocycles. The van der Waals surface area contributed by atoms with E-state index in [1.807, 2.05) is 36.4 Å². The predicted octanol–water partition coefficient (Wildman–Crippen LogP) is 3.06. The van der Waals surface area contributed by atoms with E-state index in [4.69, 9.17) is 9.72 Å². The molecule has 2 aliphatic rings. The van der Waals surface area contributed by atoms with Crippen LogP contribution in [0.5, 0.6) is 0 Å². The Hall–Kier alpha value is -4.56. The zero-order chi connectivity index (χ0) is 35.0. The Morgan fingerprint density at radius 1 is 0.980 bits per heavy atom. The number of anilines is 1. The third kappa shape index (κ3) is 8.07. The van der Waals surface area contributed by atoms with Crippen LogP contribution in [0.3, 0.4) is 0 Å². The van der Waals surface area contributed by atoms with Crippen molar-refractivity contribution in [2.75, 3.05) is 51.6 Å². The lowest BCUT2D eigenvalue weighted by Gasteiger charge is -2.27. The van der Waals surface area contributed by atoms with Gasteiger partial charge in [0.1, 0.15) is 17.7 Å². The number of nitrogens with one attached hydrogen (secondary N) is 3. The maximum atomic E-state index is 13.1. The van der Waals surface area contributed by atoms with Crippen molar-refractivity contribution < 1.29 is 24.5 Å². The van der Waals surface area contributed by atoms with E-state index in [1.54, 1.807) is 29.5 Å². The number of piperidine rings is 1. The van der Waals surface area contributed by atoms with Gasteiger partial charge in [-0.2, -0.15) is 0 Å². The monoisotopic (exact) mass is 684 g/mol. The number of aromatic nitrogens is 3. The van der Waals surface area contributed by atoms with Crippen LogP contribution in [-0.2, 0) is 16.1 Å². The molecule has 266 valence electrons. The summed E-state index contributed by atoms with van der Waals surface area (Å²) in [6.45, 7) is 6.33. The second-order valence-electron chi connectivity index (χ2n) is 13.0. The van der Waals surface area contributed by atoms with Crippen molar-refractivity contribution in [1.29, 1.82) is 0 Å². The van der Waals surface area contributed by atoms with Gasteiger partial charge in [0.05, 0.1) is 24.1 Å². The molecule has 0 unspecified atom stereocenters. The van der Waals surface area contributed by atoms with Gasteiger partial charge in [-0.05, 0) is 50.0 Å². The fraction of sp³-hybridized carbons (Fsp3) is 0.459. The second kappa shape index (κ2) is 16.4. The number of likely N-dealkylation sites (tertiary alicyclic amines) is 1. The summed E-state index contributed by atoms with van der Waals surface area (Å²) in [6, 6.07) is 22.1. The predicted molar refractivity (Wildman–Crippen MR) is 191 cm³/mol. The molecule has 4 heterocycles. The van der Waals surface area contributed by atoms with Crippen LogP contribution in [0.1, 0.15) is 55.2 Å². The normalized spacial score (nSPS) is 21.0. The fourth-order valence-corrected chi connectivity index (χ4v) is 6.82. The molecule has 5 N–H and O–H groups in total. The molecule has 2 aromatic carbocycles. The molecule has 50 heavy (non-hydrogen) atoms. The van der Waals surface area contributed by atoms with E-state index >= 15 is 0 Å². The Balaban J connectivity index is 1.28. The number of pyridine rings is 1. The maximum Gasteiger partial charge on any atom is 0.317 e. The average molecular weight is 685 g/mol. The molecule has 4 aromatic rings. The summed E-state index contributed by atoms with van der Waals surface area (Å²) in [5.41, 5.74) is 3.95. The minimum Gasteiger partial charge on any atom is -0.387 e. The Morgan fingerprint density at radius 3 is 2.32 bits per heavy atom. The average Bonchev–Trinajstić information content (AvgIpc) is 3.69. The number of fused-ring (bicyclic) bond motifs is 1. The summed E-state index contributed by atoms with van der Waals surface area (Å²) in [5, 5.41) is 31.0. The van der Waals surface area contributed by atoms with Gasteiger partial charge in [-0.1, -0.05) is 67.1 Å². The van der Waals surface area contributed by atoms with Crippen molar-refractivity contribution in [1.82, 2.24) is 35.0 Å². The lowest BCUT2D eigenvalue weighted by molar-refractivity contribution is -0.137. The molecule has 0 radical (unpaired) electrons. The van der Waals surface area contributed by atoms with E-state index in [0.29, 0.717) is 42.2 Å². The molecule has 2 saturated heterocycles. The molecule has 13 nitrogen and oxygen atoms in total. The van der Waals surface area contributed by atoms with Crippen LogP contribution in [0, 0.1) is 0 Å². The van der Waals surface area contributed by atoms with Gasteiger partial charge in [-0.25, -0.2) is 14.8 Å². The van der Waals surface area contributed by atoms with Crippen molar-refractivity contribution in [2.45, 2.75) is 63.2 Å². The minimum atomic E-state index is -1.43. The largest absolute Gasteiger partial charge is 0.387 e. The quantitative estimate of drug-likeness (QED) is 0.143. The molecule has 0 bridgehead atoms. The zero-order valence-corrected chi connectivity index (χ0v) is 28.7. The van der Waals surface area contributed by atoms with Crippen LogP contribution >= 0.6 is 0 Å². The standard InChI is InChI=1S/C37H48N8O5/c1-3-38-35(48)33-31(46)32(47)36(50-33)45-24-41-30-29(45)21-27(23-43(2)37(49)39-17-20-44-18-11-6-12-19-44)42-34(30)40-22-28(25-13-7-4-8-14-25)26-15-9-5-10-16-26/h4-5,7-10,13-16,21,24,28,31-33,36,46-47H,3,6,11-12,17-20,22-23H2,1-2H3,(H,38,48)(H,39,49)(H,40,42)/t31-,32+,33-,36+/m0/s1. The van der Waals surface area contributed by atoms with Gasteiger partial charge in [0.15, 0.2) is 18.1 Å². The molecule has 13 heteroatoms. The van der Waals surface area contributed by atoms with Crippen molar-refractivity contribution >= 4 is 28.8 Å². The van der Waals surface area contributed by atoms with E-state index in [1.165, 1.54) is 25.6 Å². The van der Waals surface area contributed by atoms with Crippen molar-refractivity contribution in [3.05, 3.63) is 89.9 Å². The Kier molecular flexibility index (Phi) is 11.6. The summed E-state index contributed by atoms with van der Waals surface area (Å²) in [5.74, 6) is -0.00174. The molecule has 4 atom stereocenters. The number of hydrogen-bond donors (Lipinski definition) is 5. The number of carbonyl (C=O) groups excluding carboxylic acids is 2. The lowest BCUT2D eigenvalue weighted by atomic mass is 9.91. The SMILES string of the molecule is CCNC(=O)[C@H]1O[C@@H](n2cnc3c(NCC(c4ccccc4)c4ccccc4)nc(CN(C)C(=O)NCCN4CCCCC4)cc32)[C@H](O)[C@@H]1O. The summed E-state index contributed by atoms with van der Waals surface area (Å²) in [6.07, 6.45) is 0.0275. The van der Waals surface area contributed by atoms with Crippen LogP contribution < -0.4 is 16.0 Å². The maximum absolute atomic E-state index is 13.1. The van der Waals surface area contributed by atoms with Gasteiger partial charge >= 0.3 is 6.03 Å². The number of rotatable bonds is 13. The first-order valence-corrected chi connectivity index (χ1v) is 17.5. The Labute approximate surface area is 292 Å². The van der Waals surface area contributed by atoms with Crippen LogP contribution in [0.2, 0.25) is 0 Å². The number of imidazole rings is 1. The molecular formula is C37H48N8O5. The minimum absolute atomic E-state index is 0.00122. The van der Waals surface area contributed by atoms with Gasteiger partial charge in [-0.3, -0.25) is 4.79 Å². The Bertz CT molecular complexity index is 1680. The third-order valence-corrected chi connectivity index (χ3v) is 9.51. The summed E-state index contributed by atoms with van der Waals surface area (Å²) >= 11 is 0. The number of aliphatic hydroxyl groups is 2. The number of nitrogens with zero attached hydrogens (tertiary/aromatic N) is 5. The highest BCUT2D eigenvalue weighted by molar-refractivity contribution is 5.87. The van der Waals surface area contributed by atoms with Gasteiger partial charge in [0.25, 0.3) is 5.91 Å². The van der Waals surface area contributed by atoms with Crippen molar-refractivity contribution in [3.63, 3.8) is 0 Å². The summed E-state index contributed by atoms with van der Waals surface area (Å²) in [7, 11) is 1.73. The van der Waals surface area contributed by atoms with Crippen LogP contribution in [0.25, 0.3) is 11.0 Å². The topological polar surface area (TPSA) is 157 Å². The van der Waals surface area contributed by atoms with Gasteiger partial charge < -0.3 is 45.3 Å². The number of aliphatic hydroxyl groups excluding tert-OH is 2. The second-order valence-corrected chi connectivity index (χ2v) is 13.0. The van der Waals surface area contributed by atoms with Crippen LogP contribution in [0.15, 0.2) is 73.1 Å². The van der Waals surface area contributed by atoms with E-state index in [2.05, 4.69) is 50.1 Å². The third-order valence-electron chi connectivity index (χ3n) is 9.51. The number of hydrogen-bond acceptors (Lipinski definition) is 9. The number of carbonyl (C=O) groups is 2. The van der Waals surface area contributed by atoms with Crippen molar-refractivity contribution in [3.8, 4) is 0 Å². The van der Waals surface area contributed by atoms with E-state index in [-0.39, 0.29) is 18.5 Å². The van der Waals surface area contributed by atoms with Gasteiger partial charge in [0, 0.05) is 39.1 Å². The highest BCUT2D eigenvalue weighted by Gasteiger charge is 2.47. The number of urea groups is 1. The molecule has 0 spiro atoms. The van der Waals surface area contributed by atoms with E-state index in [0.717, 1.165) is 30.8 Å². The molecule has 2 fully saturated rings. The smallest absolute Gasteiger partial charge is 0.317 e. The molecule has 0 aliphatic carbocycles. The first kappa shape index (κ1) is 35.3. The Morgan fingerprint density at radius 2 is 1.66 bits per heavy atom. The fourth-order valence-electron chi connectivity index (χ4n) is 6.82. The zero-order valence-electron chi connectivity index (χ0n) is 28.7. The highest BCUT2D eigenvalue weighted by Crippen LogP contribution is 2.34. The molecule has 2 aliphatic heterocycles. The first-order valence-electron chi connectivity index (χ1n) is 17.5. The highest BCUT2D eigenvalue weighted by atomic mass is 16.6. The molecular weight excluding hydrogens is 636 g/mol. The summed E-state index contributed by atoms with van der Waals surface area (Å²) in [4.78, 5) is 39.3. The van der Waals surface area contributed by atoms with Crippen molar-refractivity contribution in [2.24, 2.45) is 0 Å². The van der Waals surface area contributed by atoms with Crippen LogP contribution in [-0.4, -0.2) is 111 Å². The first-order chi connectivity index (χ1) is 24.3. The van der Waals surface area contributed by atoms with Gasteiger partial charge in [0.2, 0.25) is 0 Å².